The van der Waals surface area contributed by atoms with Gasteiger partial charge in [-0.25, -0.2) is 4.98 Å². The van der Waals surface area contributed by atoms with E-state index in [4.69, 9.17) is 4.98 Å². The number of hydrogen-bond acceptors (Lipinski definition) is 2. The maximum atomic E-state index is 12.9. The molecule has 1 aliphatic rings. The summed E-state index contributed by atoms with van der Waals surface area (Å²) in [5.74, 6) is 2.02. The van der Waals surface area contributed by atoms with Gasteiger partial charge in [0.15, 0.2) is 0 Å². The molecular weight excluding hydrogens is 346 g/mol. The summed E-state index contributed by atoms with van der Waals surface area (Å²) in [6, 6.07) is 14.6. The van der Waals surface area contributed by atoms with Crippen LogP contribution in [0.2, 0.25) is 0 Å². The normalized spacial score (nSPS) is 17.2. The predicted octanol–water partition coefficient (Wildman–Crippen LogP) is 5.22. The molecule has 146 valence electrons. The third-order valence-electron chi connectivity index (χ3n) is 5.76. The van der Waals surface area contributed by atoms with E-state index >= 15 is 0 Å². The summed E-state index contributed by atoms with van der Waals surface area (Å²) in [5.41, 5.74) is 5.57. The van der Waals surface area contributed by atoms with Crippen molar-refractivity contribution in [2.75, 3.05) is 11.4 Å². The van der Waals surface area contributed by atoms with Crippen LogP contribution in [0.4, 0.5) is 5.69 Å². The van der Waals surface area contributed by atoms with E-state index in [1.165, 1.54) is 11.1 Å². The molecular formula is C24H29N3O. The van der Waals surface area contributed by atoms with E-state index in [0.717, 1.165) is 35.6 Å². The molecule has 2 aromatic carbocycles. The molecule has 0 radical (unpaired) electrons. The topological polar surface area (TPSA) is 38.1 Å². The maximum absolute atomic E-state index is 12.9. The summed E-state index contributed by atoms with van der Waals surface area (Å²) in [6.45, 7) is 10.3. The Bertz CT molecular complexity index is 1020. The van der Waals surface area contributed by atoms with Crippen LogP contribution in [0.1, 0.15) is 49.6 Å². The number of nitrogens with zero attached hydrogens (tertiary/aromatic N) is 3. The standard InChI is InChI=1S/C24H29N3O/c1-16(2)11-12-26-21-8-6-5-7-20(21)25-24(26)19-14-23(28)27(15-19)22-13-17(3)9-10-18(22)4/h5-10,13,16,19H,11-12,14-15H2,1-4H3/t19-/m1/s1. The van der Waals surface area contributed by atoms with Crippen molar-refractivity contribution in [1.82, 2.24) is 9.55 Å². The Morgan fingerprint density at radius 1 is 1.14 bits per heavy atom. The second kappa shape index (κ2) is 7.42. The lowest BCUT2D eigenvalue weighted by Crippen LogP contribution is -2.25. The molecule has 1 fully saturated rings. The first-order valence-corrected chi connectivity index (χ1v) is 10.3. The Balaban J connectivity index is 1.70. The van der Waals surface area contributed by atoms with Crippen LogP contribution >= 0.6 is 0 Å². The third-order valence-corrected chi connectivity index (χ3v) is 5.76. The highest BCUT2D eigenvalue weighted by Gasteiger charge is 2.35. The largest absolute Gasteiger partial charge is 0.328 e. The quantitative estimate of drug-likeness (QED) is 0.613. The summed E-state index contributed by atoms with van der Waals surface area (Å²) < 4.78 is 2.35. The number of rotatable bonds is 5. The Kier molecular flexibility index (Phi) is 4.96. The fourth-order valence-corrected chi connectivity index (χ4v) is 4.15. The lowest BCUT2D eigenvalue weighted by molar-refractivity contribution is -0.117. The van der Waals surface area contributed by atoms with Gasteiger partial charge in [-0.2, -0.15) is 0 Å². The number of hydrogen-bond donors (Lipinski definition) is 0. The number of fused-ring (bicyclic) bond motifs is 1. The van der Waals surface area contributed by atoms with E-state index < -0.39 is 0 Å². The van der Waals surface area contributed by atoms with E-state index in [-0.39, 0.29) is 11.8 Å². The maximum Gasteiger partial charge on any atom is 0.227 e. The van der Waals surface area contributed by atoms with Gasteiger partial charge in [-0.05, 0) is 55.5 Å². The van der Waals surface area contributed by atoms with Crippen molar-refractivity contribution in [3.8, 4) is 0 Å². The van der Waals surface area contributed by atoms with E-state index in [2.05, 4.69) is 68.7 Å². The molecule has 0 N–H and O–H groups in total. The van der Waals surface area contributed by atoms with Crippen molar-refractivity contribution in [3.05, 3.63) is 59.4 Å². The number of aromatic nitrogens is 2. The van der Waals surface area contributed by atoms with Crippen LogP contribution in [0.25, 0.3) is 11.0 Å². The smallest absolute Gasteiger partial charge is 0.227 e. The highest BCUT2D eigenvalue weighted by molar-refractivity contribution is 5.97. The number of amides is 1. The molecule has 28 heavy (non-hydrogen) atoms. The first kappa shape index (κ1) is 18.7. The highest BCUT2D eigenvalue weighted by atomic mass is 16.2. The molecule has 4 heteroatoms. The number of carbonyl (C=O) groups excluding carboxylic acids is 1. The zero-order valence-corrected chi connectivity index (χ0v) is 17.3. The van der Waals surface area contributed by atoms with Crippen molar-refractivity contribution < 1.29 is 4.79 Å². The van der Waals surface area contributed by atoms with Gasteiger partial charge < -0.3 is 9.47 Å². The first-order chi connectivity index (χ1) is 13.4. The van der Waals surface area contributed by atoms with Gasteiger partial charge >= 0.3 is 0 Å². The van der Waals surface area contributed by atoms with E-state index in [9.17, 15) is 4.79 Å². The number of para-hydroxylation sites is 2. The monoisotopic (exact) mass is 375 g/mol. The third kappa shape index (κ3) is 3.44. The molecule has 1 aromatic heterocycles. The van der Waals surface area contributed by atoms with Crippen molar-refractivity contribution >= 4 is 22.6 Å². The number of imidazole rings is 1. The fourth-order valence-electron chi connectivity index (χ4n) is 4.15. The Morgan fingerprint density at radius 2 is 1.93 bits per heavy atom. The molecule has 1 atom stereocenters. The van der Waals surface area contributed by atoms with Gasteiger partial charge in [0, 0.05) is 31.1 Å². The number of aryl methyl sites for hydroxylation is 3. The number of benzene rings is 2. The molecule has 0 unspecified atom stereocenters. The average Bonchev–Trinajstić information content (AvgIpc) is 3.22. The lowest BCUT2D eigenvalue weighted by atomic mass is 10.1. The average molecular weight is 376 g/mol. The summed E-state index contributed by atoms with van der Waals surface area (Å²) in [7, 11) is 0. The zero-order chi connectivity index (χ0) is 19.8. The molecule has 0 bridgehead atoms. The Labute approximate surface area is 167 Å². The van der Waals surface area contributed by atoms with E-state index in [1.807, 2.05) is 11.0 Å². The van der Waals surface area contributed by atoms with Crippen LogP contribution in [0, 0.1) is 19.8 Å². The fraction of sp³-hybridized carbons (Fsp3) is 0.417. The molecule has 0 saturated carbocycles. The molecule has 0 aliphatic carbocycles. The van der Waals surface area contributed by atoms with Crippen LogP contribution in [-0.4, -0.2) is 22.0 Å². The van der Waals surface area contributed by atoms with Crippen LogP contribution in [0.5, 0.6) is 0 Å². The van der Waals surface area contributed by atoms with Crippen LogP contribution in [0.15, 0.2) is 42.5 Å². The predicted molar refractivity (Wildman–Crippen MR) is 115 cm³/mol. The van der Waals surface area contributed by atoms with Crippen molar-refractivity contribution in [1.29, 1.82) is 0 Å². The molecule has 2 heterocycles. The molecule has 1 saturated heterocycles. The second-order valence-electron chi connectivity index (χ2n) is 8.49. The molecule has 4 nitrogen and oxygen atoms in total. The molecule has 1 amide bonds. The Morgan fingerprint density at radius 3 is 2.71 bits per heavy atom. The zero-order valence-electron chi connectivity index (χ0n) is 17.3. The van der Waals surface area contributed by atoms with Gasteiger partial charge in [0.25, 0.3) is 0 Å². The number of anilines is 1. The summed E-state index contributed by atoms with van der Waals surface area (Å²) in [5, 5.41) is 0. The van der Waals surface area contributed by atoms with Gasteiger partial charge in [0.1, 0.15) is 5.82 Å². The van der Waals surface area contributed by atoms with Gasteiger partial charge in [-0.15, -0.1) is 0 Å². The summed E-state index contributed by atoms with van der Waals surface area (Å²) >= 11 is 0. The minimum Gasteiger partial charge on any atom is -0.328 e. The van der Waals surface area contributed by atoms with Gasteiger partial charge in [0.05, 0.1) is 11.0 Å². The summed E-state index contributed by atoms with van der Waals surface area (Å²) in [6.07, 6.45) is 1.63. The van der Waals surface area contributed by atoms with Gasteiger partial charge in [-0.3, -0.25) is 4.79 Å². The summed E-state index contributed by atoms with van der Waals surface area (Å²) in [4.78, 5) is 19.8. The van der Waals surface area contributed by atoms with Crippen molar-refractivity contribution in [3.63, 3.8) is 0 Å². The van der Waals surface area contributed by atoms with E-state index in [1.54, 1.807) is 0 Å². The van der Waals surface area contributed by atoms with E-state index in [0.29, 0.717) is 18.9 Å². The minimum atomic E-state index is 0.131. The lowest BCUT2D eigenvalue weighted by Gasteiger charge is -2.20. The SMILES string of the molecule is Cc1ccc(C)c(N2C[C@H](c3nc4ccccc4n3CCC(C)C)CC2=O)c1. The first-order valence-electron chi connectivity index (χ1n) is 10.3. The molecule has 4 rings (SSSR count). The van der Waals surface area contributed by atoms with Gasteiger partial charge in [0.2, 0.25) is 5.91 Å². The van der Waals surface area contributed by atoms with Crippen molar-refractivity contribution in [2.24, 2.45) is 5.92 Å². The molecule has 1 aliphatic heterocycles. The second-order valence-corrected chi connectivity index (χ2v) is 8.49. The number of carbonyl (C=O) groups is 1. The van der Waals surface area contributed by atoms with Crippen molar-refractivity contribution in [2.45, 2.75) is 53.0 Å². The van der Waals surface area contributed by atoms with Crippen LogP contribution < -0.4 is 4.90 Å². The Hall–Kier alpha value is -2.62. The van der Waals surface area contributed by atoms with Gasteiger partial charge in [-0.1, -0.05) is 38.1 Å². The minimum absolute atomic E-state index is 0.131. The molecule has 3 aromatic rings. The highest BCUT2D eigenvalue weighted by Crippen LogP contribution is 2.35. The van der Waals surface area contributed by atoms with Crippen LogP contribution in [-0.2, 0) is 11.3 Å². The molecule has 0 spiro atoms. The van der Waals surface area contributed by atoms with Crippen LogP contribution in [0.3, 0.4) is 0 Å².